The summed E-state index contributed by atoms with van der Waals surface area (Å²) in [6.45, 7) is 3.18. The molecule has 0 saturated heterocycles. The topological polar surface area (TPSA) is 136 Å². The Kier molecular flexibility index (Phi) is 8.89. The molecule has 1 amide bonds. The Labute approximate surface area is 162 Å². The number of nitrogens with one attached hydrogen (secondary N) is 1. The molecule has 0 aliphatic carbocycles. The minimum Gasteiger partial charge on any atom is -0.481 e. The van der Waals surface area contributed by atoms with E-state index >= 15 is 0 Å². The molecule has 10 nitrogen and oxygen atoms in total. The molecule has 0 unspecified atom stereocenters. The number of aromatic nitrogens is 4. The van der Waals surface area contributed by atoms with Crippen LogP contribution in [0.3, 0.4) is 0 Å². The number of carbonyl (C=O) groups excluding carboxylic acids is 1. The molecular formula is C18H23N5O5. The van der Waals surface area contributed by atoms with Gasteiger partial charge in [0, 0.05) is 18.5 Å². The zero-order valence-corrected chi connectivity index (χ0v) is 15.6. The van der Waals surface area contributed by atoms with E-state index in [-0.39, 0.29) is 32.0 Å². The minimum absolute atomic E-state index is 0.0325. The van der Waals surface area contributed by atoms with Gasteiger partial charge in [0.15, 0.2) is 5.82 Å². The van der Waals surface area contributed by atoms with Crippen LogP contribution in [0.4, 0.5) is 0 Å². The van der Waals surface area contributed by atoms with Crippen LogP contribution in [-0.4, -0.2) is 63.8 Å². The first-order valence-electron chi connectivity index (χ1n) is 8.82. The van der Waals surface area contributed by atoms with Crippen molar-refractivity contribution in [3.63, 3.8) is 0 Å². The molecule has 1 aromatic heterocycles. The second-order valence-corrected chi connectivity index (χ2v) is 5.86. The standard InChI is InChI=1S/C18H23N5O5/c1-13-20-22-18(23-21-13)15-4-2-14(3-5-15)12-19-16(24)6-8-27-10-11-28-9-7-17(25)26/h2-5H,6-12H2,1H3,(H,19,24)(H,25,26). The summed E-state index contributed by atoms with van der Waals surface area (Å²) in [7, 11) is 0. The lowest BCUT2D eigenvalue weighted by atomic mass is 10.1. The highest BCUT2D eigenvalue weighted by atomic mass is 16.5. The Morgan fingerprint density at radius 3 is 2.14 bits per heavy atom. The van der Waals surface area contributed by atoms with E-state index in [1.54, 1.807) is 6.92 Å². The number of benzene rings is 1. The average Bonchev–Trinajstić information content (AvgIpc) is 2.69. The zero-order chi connectivity index (χ0) is 20.2. The summed E-state index contributed by atoms with van der Waals surface area (Å²) in [6.07, 6.45) is 0.205. The number of hydrogen-bond acceptors (Lipinski definition) is 8. The molecule has 10 heteroatoms. The van der Waals surface area contributed by atoms with Crippen LogP contribution in [0, 0.1) is 6.92 Å². The highest BCUT2D eigenvalue weighted by molar-refractivity contribution is 5.76. The number of amides is 1. The first-order valence-corrected chi connectivity index (χ1v) is 8.82. The summed E-state index contributed by atoms with van der Waals surface area (Å²) < 4.78 is 10.4. The largest absolute Gasteiger partial charge is 0.481 e. The molecule has 2 N–H and O–H groups in total. The van der Waals surface area contributed by atoms with Gasteiger partial charge in [-0.05, 0) is 12.5 Å². The van der Waals surface area contributed by atoms with E-state index in [1.807, 2.05) is 24.3 Å². The lowest BCUT2D eigenvalue weighted by molar-refractivity contribution is -0.138. The van der Waals surface area contributed by atoms with Crippen LogP contribution in [0.1, 0.15) is 24.2 Å². The van der Waals surface area contributed by atoms with Crippen molar-refractivity contribution < 1.29 is 24.2 Å². The number of aliphatic carboxylic acids is 1. The van der Waals surface area contributed by atoms with Crippen molar-refractivity contribution in [2.24, 2.45) is 0 Å². The lowest BCUT2D eigenvalue weighted by Gasteiger charge is -2.07. The SMILES string of the molecule is Cc1nnc(-c2ccc(CNC(=O)CCOCCOCCC(=O)O)cc2)nn1. The smallest absolute Gasteiger partial charge is 0.305 e. The van der Waals surface area contributed by atoms with Crippen molar-refractivity contribution in [2.45, 2.75) is 26.3 Å². The van der Waals surface area contributed by atoms with Gasteiger partial charge in [-0.2, -0.15) is 0 Å². The molecule has 0 atom stereocenters. The highest BCUT2D eigenvalue weighted by Gasteiger charge is 2.05. The fourth-order valence-electron chi connectivity index (χ4n) is 2.10. The van der Waals surface area contributed by atoms with Gasteiger partial charge in [-0.1, -0.05) is 24.3 Å². The number of rotatable bonds is 12. The monoisotopic (exact) mass is 389 g/mol. The van der Waals surface area contributed by atoms with Gasteiger partial charge in [0.1, 0.15) is 0 Å². The average molecular weight is 389 g/mol. The number of aryl methyl sites for hydroxylation is 1. The summed E-state index contributed by atoms with van der Waals surface area (Å²) in [4.78, 5) is 22.1. The van der Waals surface area contributed by atoms with E-state index in [1.165, 1.54) is 0 Å². The van der Waals surface area contributed by atoms with Crippen molar-refractivity contribution in [1.82, 2.24) is 25.7 Å². The summed E-state index contributed by atoms with van der Waals surface area (Å²) in [6, 6.07) is 7.46. The zero-order valence-electron chi connectivity index (χ0n) is 15.6. The predicted molar refractivity (Wildman–Crippen MR) is 98.1 cm³/mol. The maximum Gasteiger partial charge on any atom is 0.305 e. The molecule has 0 spiro atoms. The van der Waals surface area contributed by atoms with Gasteiger partial charge in [0.2, 0.25) is 11.7 Å². The third kappa shape index (κ3) is 8.14. The number of nitrogens with zero attached hydrogens (tertiary/aromatic N) is 4. The Morgan fingerprint density at radius 1 is 0.929 bits per heavy atom. The highest BCUT2D eigenvalue weighted by Crippen LogP contribution is 2.13. The molecule has 150 valence electrons. The first kappa shape index (κ1) is 21.3. The van der Waals surface area contributed by atoms with Crippen LogP contribution < -0.4 is 5.32 Å². The Hall–Kier alpha value is -2.98. The number of carbonyl (C=O) groups is 2. The summed E-state index contributed by atoms with van der Waals surface area (Å²) in [5.74, 6) is -0.0566. The van der Waals surface area contributed by atoms with Crippen LogP contribution in [0.5, 0.6) is 0 Å². The van der Waals surface area contributed by atoms with E-state index in [2.05, 4.69) is 25.7 Å². The second kappa shape index (κ2) is 11.7. The van der Waals surface area contributed by atoms with Gasteiger partial charge in [-0.3, -0.25) is 9.59 Å². The molecule has 0 saturated carbocycles. The normalized spacial score (nSPS) is 10.6. The number of hydrogen-bond donors (Lipinski definition) is 2. The molecule has 28 heavy (non-hydrogen) atoms. The fourth-order valence-corrected chi connectivity index (χ4v) is 2.10. The maximum absolute atomic E-state index is 11.8. The van der Waals surface area contributed by atoms with E-state index in [0.717, 1.165) is 11.1 Å². The van der Waals surface area contributed by atoms with Crippen molar-refractivity contribution in [1.29, 1.82) is 0 Å². The summed E-state index contributed by atoms with van der Waals surface area (Å²) in [5, 5.41) is 27.0. The second-order valence-electron chi connectivity index (χ2n) is 5.86. The number of carboxylic acids is 1. The van der Waals surface area contributed by atoms with E-state index in [4.69, 9.17) is 14.6 Å². The van der Waals surface area contributed by atoms with Crippen LogP contribution >= 0.6 is 0 Å². The fraction of sp³-hybridized carbons (Fsp3) is 0.444. The Bertz CT molecular complexity index is 752. The molecule has 0 aliphatic heterocycles. The quantitative estimate of drug-likeness (QED) is 0.504. The Morgan fingerprint density at radius 2 is 1.54 bits per heavy atom. The number of carboxylic acid groups (broad SMARTS) is 1. The first-order chi connectivity index (χ1) is 13.5. The van der Waals surface area contributed by atoms with E-state index in [0.29, 0.717) is 31.4 Å². The van der Waals surface area contributed by atoms with Crippen LogP contribution in [-0.2, 0) is 25.6 Å². The van der Waals surface area contributed by atoms with Crippen LogP contribution in [0.25, 0.3) is 11.4 Å². The van der Waals surface area contributed by atoms with Gasteiger partial charge >= 0.3 is 5.97 Å². The van der Waals surface area contributed by atoms with E-state index < -0.39 is 5.97 Å². The van der Waals surface area contributed by atoms with Gasteiger partial charge in [0.25, 0.3) is 0 Å². The van der Waals surface area contributed by atoms with Crippen LogP contribution in [0.2, 0.25) is 0 Å². The third-order valence-electron chi connectivity index (χ3n) is 3.59. The minimum atomic E-state index is -0.898. The molecule has 1 aromatic carbocycles. The van der Waals surface area contributed by atoms with Crippen molar-refractivity contribution in [2.75, 3.05) is 26.4 Å². The molecule has 0 radical (unpaired) electrons. The van der Waals surface area contributed by atoms with E-state index in [9.17, 15) is 9.59 Å². The molecule has 1 heterocycles. The molecule has 0 fully saturated rings. The van der Waals surface area contributed by atoms with Gasteiger partial charge < -0.3 is 19.9 Å². The van der Waals surface area contributed by atoms with Crippen molar-refractivity contribution >= 4 is 11.9 Å². The third-order valence-corrected chi connectivity index (χ3v) is 3.59. The summed E-state index contributed by atoms with van der Waals surface area (Å²) in [5.41, 5.74) is 1.74. The van der Waals surface area contributed by atoms with Gasteiger partial charge in [0.05, 0.1) is 32.8 Å². The molecule has 0 aliphatic rings. The summed E-state index contributed by atoms with van der Waals surface area (Å²) >= 11 is 0. The Balaban J connectivity index is 1.59. The predicted octanol–water partition coefficient (Wildman–Crippen LogP) is 0.756. The maximum atomic E-state index is 11.8. The molecule has 0 bridgehead atoms. The van der Waals surface area contributed by atoms with Crippen LogP contribution in [0.15, 0.2) is 24.3 Å². The van der Waals surface area contributed by atoms with Crippen molar-refractivity contribution in [3.05, 3.63) is 35.7 Å². The number of ether oxygens (including phenoxy) is 2. The molecule has 2 rings (SSSR count). The van der Waals surface area contributed by atoms with Gasteiger partial charge in [-0.15, -0.1) is 20.4 Å². The van der Waals surface area contributed by atoms with Gasteiger partial charge in [-0.25, -0.2) is 0 Å². The lowest BCUT2D eigenvalue weighted by Crippen LogP contribution is -2.24. The molecule has 2 aromatic rings. The molecular weight excluding hydrogens is 366 g/mol. The van der Waals surface area contributed by atoms with Crippen molar-refractivity contribution in [3.8, 4) is 11.4 Å².